The summed E-state index contributed by atoms with van der Waals surface area (Å²) in [6.45, 7) is -0.354. The number of carbonyl (C=O) groups is 1. The first kappa shape index (κ1) is 10.8. The molecule has 0 unspecified atom stereocenters. The van der Waals surface area contributed by atoms with E-state index in [9.17, 15) is 4.79 Å². The van der Waals surface area contributed by atoms with Crippen molar-refractivity contribution in [1.82, 2.24) is 0 Å². The fraction of sp³-hybridized carbons (Fsp3) is 0.800. The van der Waals surface area contributed by atoms with Crippen molar-refractivity contribution in [2.45, 2.75) is 18.3 Å². The van der Waals surface area contributed by atoms with Crippen LogP contribution in [0.4, 0.5) is 0 Å². The first-order valence-electron chi connectivity index (χ1n) is 2.86. The van der Waals surface area contributed by atoms with Gasteiger partial charge in [-0.25, -0.2) is 0 Å². The maximum absolute atomic E-state index is 9.86. The lowest BCUT2D eigenvalue weighted by atomic mass is 10.1. The van der Waals surface area contributed by atoms with Gasteiger partial charge in [-0.2, -0.15) is 0 Å². The highest BCUT2D eigenvalue weighted by atomic mass is 35.5. The number of aliphatic hydroxyl groups is 3. The van der Waals surface area contributed by atoms with Crippen molar-refractivity contribution in [3.05, 3.63) is 0 Å². The van der Waals surface area contributed by atoms with Crippen LogP contribution in [0, 0.1) is 0 Å². The summed E-state index contributed by atoms with van der Waals surface area (Å²) in [5.41, 5.74) is 0. The molecule has 0 saturated carbocycles. The Kier molecular flexibility index (Phi) is 5.35. The van der Waals surface area contributed by atoms with Crippen LogP contribution in [0.2, 0.25) is 0 Å². The fourth-order valence-corrected chi connectivity index (χ4v) is 0.600. The van der Waals surface area contributed by atoms with E-state index in [0.717, 1.165) is 0 Å². The van der Waals surface area contributed by atoms with E-state index in [1.165, 1.54) is 0 Å². The van der Waals surface area contributed by atoms with Gasteiger partial charge in [0, 0.05) is 0 Å². The highest BCUT2D eigenvalue weighted by Crippen LogP contribution is 1.99. The van der Waals surface area contributed by atoms with Crippen molar-refractivity contribution in [3.63, 3.8) is 0 Å². The maximum atomic E-state index is 9.86. The van der Waals surface area contributed by atoms with Gasteiger partial charge in [-0.3, -0.25) is 4.29 Å². The van der Waals surface area contributed by atoms with E-state index in [0.29, 0.717) is 0 Å². The Hall–Kier alpha value is -0.200. The van der Waals surface area contributed by atoms with Crippen LogP contribution < -0.4 is 0 Å². The fourth-order valence-electron chi connectivity index (χ4n) is 0.471. The van der Waals surface area contributed by atoms with Gasteiger partial charge in [0.25, 0.3) is 0 Å². The van der Waals surface area contributed by atoms with Crippen LogP contribution in [-0.4, -0.2) is 46.5 Å². The minimum absolute atomic E-state index is 0.113. The van der Waals surface area contributed by atoms with Crippen molar-refractivity contribution in [1.29, 1.82) is 0 Å². The first-order valence-corrected chi connectivity index (χ1v) is 3.17. The molecule has 5 nitrogen and oxygen atoms in total. The van der Waals surface area contributed by atoms with Crippen molar-refractivity contribution in [2.75, 3.05) is 6.61 Å². The van der Waals surface area contributed by atoms with Crippen LogP contribution >= 0.6 is 11.9 Å². The summed E-state index contributed by atoms with van der Waals surface area (Å²) < 4.78 is 3.95. The molecule has 0 spiro atoms. The Morgan fingerprint density at radius 2 is 2.00 bits per heavy atom. The summed E-state index contributed by atoms with van der Waals surface area (Å²) in [5, 5.41) is 26.3. The SMILES string of the molecule is O=C[C@H](O)[C@H](O)[C@H](O)COCl. The maximum Gasteiger partial charge on any atom is 0.151 e. The van der Waals surface area contributed by atoms with Gasteiger partial charge in [0.05, 0.1) is 18.5 Å². The lowest BCUT2D eigenvalue weighted by molar-refractivity contribution is -0.127. The van der Waals surface area contributed by atoms with E-state index in [4.69, 9.17) is 27.2 Å². The topological polar surface area (TPSA) is 87.0 Å². The standard InChI is InChI=1S/C5H9ClO5/c6-11-2-4(9)5(10)3(8)1-7/h1,3-5,8-10H,2H2/t3-,4+,5-/m0/s1. The lowest BCUT2D eigenvalue weighted by Crippen LogP contribution is -2.40. The second-order valence-electron chi connectivity index (χ2n) is 1.96. The third-order valence-corrected chi connectivity index (χ3v) is 1.24. The molecule has 66 valence electrons. The van der Waals surface area contributed by atoms with Crippen molar-refractivity contribution in [2.24, 2.45) is 0 Å². The highest BCUT2D eigenvalue weighted by Gasteiger charge is 2.23. The number of hydrogen-bond donors (Lipinski definition) is 3. The third-order valence-electron chi connectivity index (χ3n) is 1.12. The number of hydrogen-bond acceptors (Lipinski definition) is 5. The quantitative estimate of drug-likeness (QED) is 0.450. The van der Waals surface area contributed by atoms with Gasteiger partial charge in [-0.05, 0) is 0 Å². The predicted octanol–water partition coefficient (Wildman–Crippen LogP) is -1.56. The molecule has 0 heterocycles. The van der Waals surface area contributed by atoms with Gasteiger partial charge in [-0.15, -0.1) is 0 Å². The van der Waals surface area contributed by atoms with Gasteiger partial charge in [-0.1, -0.05) is 0 Å². The molecule has 0 aliphatic heterocycles. The Morgan fingerprint density at radius 3 is 2.36 bits per heavy atom. The molecule has 11 heavy (non-hydrogen) atoms. The molecule has 0 amide bonds. The molecular formula is C5H9ClO5. The van der Waals surface area contributed by atoms with Crippen molar-refractivity contribution in [3.8, 4) is 0 Å². The lowest BCUT2D eigenvalue weighted by Gasteiger charge is -2.17. The predicted molar refractivity (Wildman–Crippen MR) is 35.9 cm³/mol. The molecular weight excluding hydrogens is 176 g/mol. The Balaban J connectivity index is 3.79. The molecule has 0 saturated heterocycles. The Morgan fingerprint density at radius 1 is 1.45 bits per heavy atom. The van der Waals surface area contributed by atoms with Gasteiger partial charge in [0.2, 0.25) is 0 Å². The van der Waals surface area contributed by atoms with Crippen molar-refractivity contribution >= 4 is 18.2 Å². The largest absolute Gasteiger partial charge is 0.388 e. The Bertz CT molecular complexity index is 119. The van der Waals surface area contributed by atoms with Crippen LogP contribution in [0.15, 0.2) is 0 Å². The molecule has 6 heteroatoms. The van der Waals surface area contributed by atoms with Gasteiger partial charge < -0.3 is 20.1 Å². The molecule has 0 aromatic carbocycles. The zero-order valence-electron chi connectivity index (χ0n) is 5.55. The van der Waals surface area contributed by atoms with Gasteiger partial charge in [0.1, 0.15) is 18.3 Å². The molecule has 0 aliphatic carbocycles. The van der Waals surface area contributed by atoms with E-state index in [2.05, 4.69) is 4.29 Å². The molecule has 0 aromatic rings. The summed E-state index contributed by atoms with van der Waals surface area (Å²) in [5.74, 6) is 0. The second-order valence-corrected chi connectivity index (χ2v) is 2.18. The summed E-state index contributed by atoms with van der Waals surface area (Å²) in [7, 11) is 0. The average Bonchev–Trinajstić information content (AvgIpc) is 2.02. The van der Waals surface area contributed by atoms with Gasteiger partial charge >= 0.3 is 0 Å². The third kappa shape index (κ3) is 3.64. The number of aldehydes is 1. The molecule has 0 fully saturated rings. The molecule has 0 radical (unpaired) electrons. The van der Waals surface area contributed by atoms with Crippen LogP contribution in [0.25, 0.3) is 0 Å². The second kappa shape index (κ2) is 5.45. The monoisotopic (exact) mass is 184 g/mol. The zero-order chi connectivity index (χ0) is 8.85. The van der Waals surface area contributed by atoms with Crippen LogP contribution in [0.5, 0.6) is 0 Å². The minimum atomic E-state index is -1.61. The summed E-state index contributed by atoms with van der Waals surface area (Å²) >= 11 is 4.75. The van der Waals surface area contributed by atoms with E-state index < -0.39 is 18.3 Å². The molecule has 0 rings (SSSR count). The van der Waals surface area contributed by atoms with E-state index in [1.807, 2.05) is 0 Å². The van der Waals surface area contributed by atoms with Crippen molar-refractivity contribution < 1.29 is 24.4 Å². The highest BCUT2D eigenvalue weighted by molar-refractivity contribution is 6.07. The van der Waals surface area contributed by atoms with Crippen LogP contribution in [0.1, 0.15) is 0 Å². The number of aliphatic hydroxyl groups excluding tert-OH is 3. The first-order chi connectivity index (χ1) is 5.13. The average molecular weight is 185 g/mol. The molecule has 3 N–H and O–H groups in total. The zero-order valence-corrected chi connectivity index (χ0v) is 6.31. The van der Waals surface area contributed by atoms with Gasteiger partial charge in [0.15, 0.2) is 6.29 Å². The van der Waals surface area contributed by atoms with Crippen LogP contribution in [-0.2, 0) is 9.08 Å². The minimum Gasteiger partial charge on any atom is -0.388 e. The van der Waals surface area contributed by atoms with E-state index in [1.54, 1.807) is 0 Å². The summed E-state index contributed by atoms with van der Waals surface area (Å²) in [6, 6.07) is 0. The smallest absolute Gasteiger partial charge is 0.151 e. The Labute approximate surface area is 68.3 Å². The molecule has 0 bridgehead atoms. The normalized spacial score (nSPS) is 18.9. The number of halogens is 1. The van der Waals surface area contributed by atoms with E-state index in [-0.39, 0.29) is 12.9 Å². The summed E-state index contributed by atoms with van der Waals surface area (Å²) in [4.78, 5) is 9.86. The van der Waals surface area contributed by atoms with E-state index >= 15 is 0 Å². The molecule has 0 aliphatic rings. The number of carbonyl (C=O) groups excluding carboxylic acids is 1. The molecule has 0 aromatic heterocycles. The molecule has 3 atom stereocenters. The summed E-state index contributed by atoms with van der Waals surface area (Å²) in [6.07, 6.45) is -4.43. The van der Waals surface area contributed by atoms with Crippen LogP contribution in [0.3, 0.4) is 0 Å². The number of rotatable bonds is 5.